The number of Topliss-reactive ketones (excluding diaryl/α,β-unsaturated/α-hetero) is 1. The number of nitrogens with one attached hydrogen (secondary N) is 1. The van der Waals surface area contributed by atoms with E-state index in [9.17, 15) is 14.4 Å². The first-order valence-electron chi connectivity index (χ1n) is 12.8. The molecule has 1 aromatic carbocycles. The number of anilines is 1. The van der Waals surface area contributed by atoms with Gasteiger partial charge in [0.1, 0.15) is 18.7 Å². The molecule has 3 heterocycles. The highest BCUT2D eigenvalue weighted by Gasteiger charge is 2.53. The Hall–Kier alpha value is -0.700. The Labute approximate surface area is 264 Å². The highest BCUT2D eigenvalue weighted by molar-refractivity contribution is 7.99. The quantitative estimate of drug-likeness (QED) is 0.512. The Bertz CT molecular complexity index is 958. The zero-order valence-corrected chi connectivity index (χ0v) is 27.5. The summed E-state index contributed by atoms with van der Waals surface area (Å²) in [6.45, 7) is 4.54. The fourth-order valence-electron chi connectivity index (χ4n) is 6.01. The summed E-state index contributed by atoms with van der Waals surface area (Å²) in [5, 5.41) is 3.16. The number of fused-ring (bicyclic) bond motifs is 1. The van der Waals surface area contributed by atoms with Gasteiger partial charge in [0.25, 0.3) is 5.91 Å². The van der Waals surface area contributed by atoms with E-state index in [2.05, 4.69) is 22.2 Å². The van der Waals surface area contributed by atoms with Gasteiger partial charge >= 0.3 is 0 Å². The van der Waals surface area contributed by atoms with E-state index in [0.717, 1.165) is 57.5 Å². The highest BCUT2D eigenvalue weighted by Crippen LogP contribution is 2.36. The van der Waals surface area contributed by atoms with Gasteiger partial charge < -0.3 is 24.8 Å². The molecule has 4 atom stereocenters. The molecule has 0 radical (unpaired) electrons. The monoisotopic (exact) mass is 636 g/mol. The van der Waals surface area contributed by atoms with Crippen LogP contribution < -0.4 is 10.2 Å². The number of hydrogen-bond donors (Lipinski definition) is 1. The Kier molecular flexibility index (Phi) is 15.0. The number of piperazine rings is 1. The van der Waals surface area contributed by atoms with Crippen molar-refractivity contribution in [2.24, 2.45) is 5.92 Å². The maximum Gasteiger partial charge on any atom is 0.251 e. The van der Waals surface area contributed by atoms with Crippen molar-refractivity contribution in [3.05, 3.63) is 29.8 Å². The SMILES string of the molecule is CS[C@H]1CN(C(=O)[C@@H](NC(=O)c2ccc(N3CCN(C)CC3)cc2)C2CCCC2)[C@@H]2C(=O)CO[C@H]12.S.S.S.S. The number of carbonyl (C=O) groups is 3. The van der Waals surface area contributed by atoms with Gasteiger partial charge in [-0.3, -0.25) is 14.4 Å². The second-order valence-electron chi connectivity index (χ2n) is 10.3. The van der Waals surface area contributed by atoms with Gasteiger partial charge in [-0.1, -0.05) is 12.8 Å². The number of ketones is 1. The maximum atomic E-state index is 13.8. The molecule has 3 aliphatic heterocycles. The van der Waals surface area contributed by atoms with Crippen LogP contribution in [-0.4, -0.2) is 103 Å². The molecule has 1 aromatic rings. The number of thioether (sulfide) groups is 1. The lowest BCUT2D eigenvalue weighted by molar-refractivity contribution is -0.139. The van der Waals surface area contributed by atoms with E-state index in [1.807, 2.05) is 30.5 Å². The summed E-state index contributed by atoms with van der Waals surface area (Å²) in [6.07, 6.45) is 5.69. The Morgan fingerprint density at radius 3 is 2.21 bits per heavy atom. The van der Waals surface area contributed by atoms with Gasteiger partial charge in [-0.25, -0.2) is 0 Å². The summed E-state index contributed by atoms with van der Waals surface area (Å²) in [7, 11) is 2.13. The lowest BCUT2D eigenvalue weighted by Gasteiger charge is -2.34. The van der Waals surface area contributed by atoms with Crippen LogP contribution in [-0.2, 0) is 14.3 Å². The molecular formula is C26H44N4O4S5. The van der Waals surface area contributed by atoms with Crippen molar-refractivity contribution in [2.45, 2.75) is 49.1 Å². The first kappa shape index (κ1) is 36.3. The Morgan fingerprint density at radius 2 is 1.62 bits per heavy atom. The molecule has 2 amide bonds. The zero-order chi connectivity index (χ0) is 24.5. The van der Waals surface area contributed by atoms with Gasteiger partial charge in [-0.05, 0) is 56.3 Å². The summed E-state index contributed by atoms with van der Waals surface area (Å²) < 4.78 is 5.74. The third-order valence-electron chi connectivity index (χ3n) is 8.15. The van der Waals surface area contributed by atoms with Crippen LogP contribution in [0, 0.1) is 5.92 Å². The van der Waals surface area contributed by atoms with E-state index in [1.54, 1.807) is 16.7 Å². The van der Waals surface area contributed by atoms with E-state index < -0.39 is 12.1 Å². The number of rotatable bonds is 6. The third-order valence-corrected chi connectivity index (χ3v) is 9.17. The van der Waals surface area contributed by atoms with Gasteiger partial charge in [0.2, 0.25) is 5.91 Å². The highest BCUT2D eigenvalue weighted by atomic mass is 32.2. The van der Waals surface area contributed by atoms with Crippen molar-refractivity contribution in [2.75, 3.05) is 57.5 Å². The maximum absolute atomic E-state index is 13.8. The zero-order valence-electron chi connectivity index (χ0n) is 22.7. The topological polar surface area (TPSA) is 82.2 Å². The van der Waals surface area contributed by atoms with Gasteiger partial charge in [0, 0.05) is 44.0 Å². The van der Waals surface area contributed by atoms with Crippen molar-refractivity contribution in [1.82, 2.24) is 15.1 Å². The molecule has 8 nitrogen and oxygen atoms in total. The number of hydrogen-bond acceptors (Lipinski definition) is 7. The lowest BCUT2D eigenvalue weighted by Crippen LogP contribution is -2.54. The third kappa shape index (κ3) is 7.78. The van der Waals surface area contributed by atoms with Crippen LogP contribution >= 0.6 is 65.7 Å². The van der Waals surface area contributed by atoms with Gasteiger partial charge in [-0.15, -0.1) is 0 Å². The summed E-state index contributed by atoms with van der Waals surface area (Å²) >= 11 is 1.63. The van der Waals surface area contributed by atoms with Crippen LogP contribution in [0.2, 0.25) is 0 Å². The van der Waals surface area contributed by atoms with Gasteiger partial charge in [0.15, 0.2) is 5.78 Å². The molecule has 1 aliphatic carbocycles. The molecule has 4 fully saturated rings. The van der Waals surface area contributed by atoms with E-state index in [-0.39, 0.29) is 95.5 Å². The lowest BCUT2D eigenvalue weighted by atomic mass is 9.95. The number of ether oxygens (including phenoxy) is 1. The van der Waals surface area contributed by atoms with Crippen molar-refractivity contribution in [3.8, 4) is 0 Å². The predicted molar refractivity (Wildman–Crippen MR) is 178 cm³/mol. The van der Waals surface area contributed by atoms with Crippen LogP contribution in [0.15, 0.2) is 24.3 Å². The Morgan fingerprint density at radius 1 is 1.00 bits per heavy atom. The smallest absolute Gasteiger partial charge is 0.251 e. The van der Waals surface area contributed by atoms with E-state index in [0.29, 0.717) is 12.1 Å². The van der Waals surface area contributed by atoms with Crippen LogP contribution in [0.4, 0.5) is 5.69 Å². The van der Waals surface area contributed by atoms with Crippen LogP contribution in [0.25, 0.3) is 0 Å². The second kappa shape index (κ2) is 16.1. The fourth-order valence-corrected chi connectivity index (χ4v) is 6.82. The molecule has 0 bridgehead atoms. The molecule has 0 unspecified atom stereocenters. The largest absolute Gasteiger partial charge is 0.369 e. The minimum Gasteiger partial charge on any atom is -0.369 e. The minimum atomic E-state index is -0.614. The molecule has 3 saturated heterocycles. The molecule has 39 heavy (non-hydrogen) atoms. The van der Waals surface area contributed by atoms with Crippen LogP contribution in [0.3, 0.4) is 0 Å². The molecule has 5 rings (SSSR count). The van der Waals surface area contributed by atoms with E-state index in [4.69, 9.17) is 4.74 Å². The molecule has 13 heteroatoms. The number of amides is 2. The predicted octanol–water partition coefficient (Wildman–Crippen LogP) is 2.09. The summed E-state index contributed by atoms with van der Waals surface area (Å²) in [5.74, 6) is -0.299. The van der Waals surface area contributed by atoms with Crippen LogP contribution in [0.1, 0.15) is 36.0 Å². The average molecular weight is 637 g/mol. The fraction of sp³-hybridized carbons (Fsp3) is 0.654. The molecular weight excluding hydrogens is 593 g/mol. The van der Waals surface area contributed by atoms with Gasteiger partial charge in [-0.2, -0.15) is 65.7 Å². The van der Waals surface area contributed by atoms with Crippen molar-refractivity contribution >= 4 is 89.0 Å². The average Bonchev–Trinajstić information content (AvgIpc) is 3.62. The second-order valence-corrected chi connectivity index (χ2v) is 11.4. The Balaban J connectivity index is 0.00000190. The number of carbonyl (C=O) groups excluding carboxylic acids is 3. The van der Waals surface area contributed by atoms with Crippen LogP contribution in [0.5, 0.6) is 0 Å². The molecule has 222 valence electrons. The first-order valence-corrected chi connectivity index (χ1v) is 14.1. The number of benzene rings is 1. The van der Waals surface area contributed by atoms with E-state index >= 15 is 0 Å². The van der Waals surface area contributed by atoms with Gasteiger partial charge in [0.05, 0.1) is 11.4 Å². The van der Waals surface area contributed by atoms with Crippen molar-refractivity contribution < 1.29 is 19.1 Å². The normalized spacial score (nSPS) is 25.5. The number of nitrogens with zero attached hydrogens (tertiary/aromatic N) is 3. The van der Waals surface area contributed by atoms with E-state index in [1.165, 1.54) is 0 Å². The molecule has 4 aliphatic rings. The minimum absolute atomic E-state index is 0. The molecule has 1 saturated carbocycles. The van der Waals surface area contributed by atoms with Crippen molar-refractivity contribution in [3.63, 3.8) is 0 Å². The molecule has 0 spiro atoms. The molecule has 1 N–H and O–H groups in total. The van der Waals surface area contributed by atoms with Crippen molar-refractivity contribution in [1.29, 1.82) is 0 Å². The molecule has 0 aromatic heterocycles. The standard InChI is InChI=1S/C26H36N4O4S.4H2S/c1-28-11-13-29(14-12-28)19-9-7-18(8-10-19)25(32)27-22(17-5-3-4-6-17)26(33)30-15-21(35-2)24-23(30)20(31)16-34-24;;;;/h7-10,17,21-24H,3-6,11-16H2,1-2H3,(H,27,32);4*1H2/t21-,22-,23+,24+;;;;/m0..../s1. The summed E-state index contributed by atoms with van der Waals surface area (Å²) in [4.78, 5) is 46.0. The number of likely N-dealkylation sites (N-methyl/N-ethyl adjacent to an activating group) is 1. The number of likely N-dealkylation sites (tertiary alicyclic amines) is 1. The first-order chi connectivity index (χ1) is 17.0. The summed E-state index contributed by atoms with van der Waals surface area (Å²) in [5.41, 5.74) is 1.67. The summed E-state index contributed by atoms with van der Waals surface area (Å²) in [6, 6.07) is 6.55.